The Labute approximate surface area is 332 Å². The maximum atomic E-state index is 5.37. The van der Waals surface area contributed by atoms with Crippen molar-refractivity contribution in [2.75, 3.05) is 0 Å². The van der Waals surface area contributed by atoms with Crippen molar-refractivity contribution in [1.82, 2.24) is 9.97 Å². The minimum Gasteiger partial charge on any atom is -0.228 e. The summed E-state index contributed by atoms with van der Waals surface area (Å²) in [5.74, 6) is 0.711. The van der Waals surface area contributed by atoms with E-state index < -0.39 is 0 Å². The van der Waals surface area contributed by atoms with E-state index in [9.17, 15) is 0 Å². The van der Waals surface area contributed by atoms with Gasteiger partial charge in [-0.05, 0) is 107 Å². The molecule has 0 N–H and O–H groups in total. The lowest BCUT2D eigenvalue weighted by Crippen LogP contribution is -2.15. The Bertz CT molecular complexity index is 3190. The highest BCUT2D eigenvalue weighted by Gasteiger charge is 2.36. The minimum absolute atomic E-state index is 0.119. The molecule has 0 bridgehead atoms. The van der Waals surface area contributed by atoms with Crippen LogP contribution in [0.3, 0.4) is 0 Å². The van der Waals surface area contributed by atoms with Gasteiger partial charge in [-0.25, -0.2) is 9.97 Å². The molecule has 1 aliphatic carbocycles. The molecule has 2 nitrogen and oxygen atoms in total. The van der Waals surface area contributed by atoms with Gasteiger partial charge in [0, 0.05) is 22.1 Å². The first-order chi connectivity index (χ1) is 28.0. The molecule has 11 rings (SSSR count). The van der Waals surface area contributed by atoms with Crippen LogP contribution in [0.15, 0.2) is 194 Å². The number of nitrogens with zero attached hydrogens (tertiary/aromatic N) is 2. The maximum absolute atomic E-state index is 5.37. The fraction of sp³-hybridized carbons (Fsp3) is 0.0545. The molecule has 0 fully saturated rings. The van der Waals surface area contributed by atoms with Crippen LogP contribution < -0.4 is 0 Å². The van der Waals surface area contributed by atoms with Crippen LogP contribution in [0, 0.1) is 0 Å². The molecule has 0 radical (unpaired) electrons. The zero-order chi connectivity index (χ0) is 38.1. The molecule has 1 aromatic heterocycles. The fourth-order valence-electron chi connectivity index (χ4n) is 9.10. The highest BCUT2D eigenvalue weighted by Crippen LogP contribution is 2.51. The lowest BCUT2D eigenvalue weighted by molar-refractivity contribution is 0.661. The van der Waals surface area contributed by atoms with Crippen LogP contribution in [0.1, 0.15) is 25.0 Å². The van der Waals surface area contributed by atoms with Crippen molar-refractivity contribution >= 4 is 32.3 Å². The summed E-state index contributed by atoms with van der Waals surface area (Å²) in [5.41, 5.74) is 15.1. The van der Waals surface area contributed by atoms with Crippen molar-refractivity contribution in [3.8, 4) is 67.3 Å². The average Bonchev–Trinajstić information content (AvgIpc) is 3.49. The second kappa shape index (κ2) is 13.0. The minimum atomic E-state index is -0.119. The predicted molar refractivity (Wildman–Crippen MR) is 239 cm³/mol. The van der Waals surface area contributed by atoms with Gasteiger partial charge in [-0.2, -0.15) is 0 Å². The van der Waals surface area contributed by atoms with Gasteiger partial charge in [0.15, 0.2) is 5.82 Å². The molecular weight excluding hydrogens is 689 g/mol. The number of rotatable bonds is 5. The number of aromatic nitrogens is 2. The van der Waals surface area contributed by atoms with E-state index in [0.29, 0.717) is 5.82 Å². The van der Waals surface area contributed by atoms with Gasteiger partial charge in [-0.1, -0.05) is 178 Å². The third-order valence-electron chi connectivity index (χ3n) is 12.1. The van der Waals surface area contributed by atoms with E-state index in [4.69, 9.17) is 9.97 Å². The van der Waals surface area contributed by atoms with E-state index in [1.807, 2.05) is 0 Å². The van der Waals surface area contributed by atoms with Crippen LogP contribution in [0.2, 0.25) is 0 Å². The van der Waals surface area contributed by atoms with Crippen LogP contribution in [-0.4, -0.2) is 9.97 Å². The monoisotopic (exact) mass is 726 g/mol. The van der Waals surface area contributed by atoms with E-state index in [2.05, 4.69) is 208 Å². The molecule has 0 amide bonds. The van der Waals surface area contributed by atoms with Crippen LogP contribution in [0.25, 0.3) is 99.6 Å². The van der Waals surface area contributed by atoms with Gasteiger partial charge >= 0.3 is 0 Å². The Morgan fingerprint density at radius 1 is 0.316 bits per heavy atom. The molecule has 2 heteroatoms. The van der Waals surface area contributed by atoms with Crippen molar-refractivity contribution in [3.63, 3.8) is 0 Å². The summed E-state index contributed by atoms with van der Waals surface area (Å²) in [6.07, 6.45) is 0. The van der Waals surface area contributed by atoms with Gasteiger partial charge in [-0.15, -0.1) is 0 Å². The molecule has 9 aromatic carbocycles. The van der Waals surface area contributed by atoms with Gasteiger partial charge in [0.25, 0.3) is 0 Å². The summed E-state index contributed by atoms with van der Waals surface area (Å²) in [5, 5.41) is 7.24. The molecule has 0 unspecified atom stereocenters. The first kappa shape index (κ1) is 33.2. The quantitative estimate of drug-likeness (QED) is 0.176. The summed E-state index contributed by atoms with van der Waals surface area (Å²) in [7, 11) is 0. The number of fused-ring (bicyclic) bond motifs is 6. The van der Waals surface area contributed by atoms with Crippen LogP contribution in [0.5, 0.6) is 0 Å². The lowest BCUT2D eigenvalue weighted by Gasteiger charge is -2.22. The largest absolute Gasteiger partial charge is 0.228 e. The topological polar surface area (TPSA) is 25.8 Å². The van der Waals surface area contributed by atoms with Crippen LogP contribution in [0.4, 0.5) is 0 Å². The Kier molecular flexibility index (Phi) is 7.55. The molecule has 0 saturated carbocycles. The van der Waals surface area contributed by atoms with Crippen LogP contribution in [-0.2, 0) is 5.41 Å². The second-order valence-electron chi connectivity index (χ2n) is 15.8. The molecule has 0 atom stereocenters. The van der Waals surface area contributed by atoms with E-state index in [1.165, 1.54) is 71.4 Å². The first-order valence-corrected chi connectivity index (χ1v) is 19.7. The Balaban J connectivity index is 1.06. The van der Waals surface area contributed by atoms with Crippen molar-refractivity contribution < 1.29 is 0 Å². The summed E-state index contributed by atoms with van der Waals surface area (Å²) in [4.78, 5) is 10.7. The normalized spacial score (nSPS) is 12.9. The van der Waals surface area contributed by atoms with Gasteiger partial charge in [-0.3, -0.25) is 0 Å². The van der Waals surface area contributed by atoms with Crippen molar-refractivity contribution in [2.24, 2.45) is 0 Å². The van der Waals surface area contributed by atoms with Gasteiger partial charge < -0.3 is 0 Å². The molecule has 1 heterocycles. The molecule has 0 saturated heterocycles. The average molecular weight is 727 g/mol. The SMILES string of the molecule is CC1(C)c2cc(-c3ccc(-c4nc(-c5ccc(-c6ccccc6)cc5)cc(-c5cccc6ccccc56)n4)c4ccccc34)ccc2-c2cc3ccccc3cc21. The number of hydrogen-bond donors (Lipinski definition) is 0. The summed E-state index contributed by atoms with van der Waals surface area (Å²) in [6.45, 7) is 4.73. The van der Waals surface area contributed by atoms with E-state index in [0.717, 1.165) is 33.5 Å². The lowest BCUT2D eigenvalue weighted by atomic mass is 9.81. The van der Waals surface area contributed by atoms with Crippen molar-refractivity contribution in [3.05, 3.63) is 205 Å². The number of hydrogen-bond acceptors (Lipinski definition) is 2. The number of benzene rings is 9. The van der Waals surface area contributed by atoms with Gasteiger partial charge in [0.05, 0.1) is 11.4 Å². The molecule has 1 aliphatic rings. The van der Waals surface area contributed by atoms with E-state index in [-0.39, 0.29) is 5.41 Å². The second-order valence-corrected chi connectivity index (χ2v) is 15.8. The molecular formula is C55H38N2. The summed E-state index contributed by atoms with van der Waals surface area (Å²) >= 11 is 0. The maximum Gasteiger partial charge on any atom is 0.161 e. The third-order valence-corrected chi connectivity index (χ3v) is 12.1. The standard InChI is InChI=1S/C55H38N2/c1-55(2)50-33-41(27-28-46(50)49-31-39-16-6-7-17-40(39)32-51(49)55)43-29-30-48(45-21-11-10-20-44(43)45)54-56-52(38-25-23-36(24-26-38)35-13-4-3-5-14-35)34-53(57-54)47-22-12-18-37-15-8-9-19-42(37)47/h3-34H,1-2H3. The zero-order valence-corrected chi connectivity index (χ0v) is 31.9. The Morgan fingerprint density at radius 2 is 0.860 bits per heavy atom. The zero-order valence-electron chi connectivity index (χ0n) is 31.9. The summed E-state index contributed by atoms with van der Waals surface area (Å²) in [6, 6.07) is 70.1. The van der Waals surface area contributed by atoms with Crippen LogP contribution >= 0.6 is 0 Å². The van der Waals surface area contributed by atoms with Crippen molar-refractivity contribution in [1.29, 1.82) is 0 Å². The molecule has 10 aromatic rings. The van der Waals surface area contributed by atoms with Gasteiger partial charge in [0.1, 0.15) is 0 Å². The predicted octanol–water partition coefficient (Wildman–Crippen LogP) is 14.6. The molecule has 268 valence electrons. The first-order valence-electron chi connectivity index (χ1n) is 19.7. The van der Waals surface area contributed by atoms with Crippen molar-refractivity contribution in [2.45, 2.75) is 19.3 Å². The smallest absolute Gasteiger partial charge is 0.161 e. The Hall–Kier alpha value is -7.16. The molecule has 0 aliphatic heterocycles. The molecule has 57 heavy (non-hydrogen) atoms. The highest BCUT2D eigenvalue weighted by atomic mass is 14.9. The van der Waals surface area contributed by atoms with Gasteiger partial charge in [0.2, 0.25) is 0 Å². The third kappa shape index (κ3) is 5.48. The Morgan fingerprint density at radius 3 is 1.65 bits per heavy atom. The van der Waals surface area contributed by atoms with E-state index >= 15 is 0 Å². The molecule has 0 spiro atoms. The van der Waals surface area contributed by atoms with E-state index in [1.54, 1.807) is 0 Å². The fourth-order valence-corrected chi connectivity index (χ4v) is 9.10. The summed E-state index contributed by atoms with van der Waals surface area (Å²) < 4.78 is 0. The highest BCUT2D eigenvalue weighted by molar-refractivity contribution is 6.05.